The minimum atomic E-state index is -0.416. The molecule has 0 spiro atoms. The van der Waals surface area contributed by atoms with E-state index in [-0.39, 0.29) is 24.2 Å². The molecule has 0 saturated carbocycles. The van der Waals surface area contributed by atoms with E-state index in [0.29, 0.717) is 45.6 Å². The Bertz CT molecular complexity index is 1110. The van der Waals surface area contributed by atoms with E-state index in [4.69, 9.17) is 10.5 Å². The zero-order valence-corrected chi connectivity index (χ0v) is 19.7. The average molecular weight is 505 g/mol. The Hall–Kier alpha value is -2.98. The van der Waals surface area contributed by atoms with Crippen molar-refractivity contribution in [2.45, 2.75) is 19.4 Å². The van der Waals surface area contributed by atoms with Gasteiger partial charge in [0.1, 0.15) is 30.3 Å². The second kappa shape index (κ2) is 10.6. The van der Waals surface area contributed by atoms with Crippen LogP contribution in [0.25, 0.3) is 10.9 Å². The highest BCUT2D eigenvalue weighted by atomic mass is 79.9. The summed E-state index contributed by atoms with van der Waals surface area (Å²) in [5, 5.41) is 6.57. The second-order valence-corrected chi connectivity index (χ2v) is 8.52. The van der Waals surface area contributed by atoms with Crippen molar-refractivity contribution < 1.29 is 13.9 Å². The van der Waals surface area contributed by atoms with E-state index in [0.717, 1.165) is 0 Å². The lowest BCUT2D eigenvalue weighted by molar-refractivity contribution is -0.122. The minimum Gasteiger partial charge on any atom is -0.489 e. The van der Waals surface area contributed by atoms with Gasteiger partial charge in [0.05, 0.1) is 29.5 Å². The topological polar surface area (TPSA) is 105 Å². The first kappa shape index (κ1) is 23.7. The third-order valence-corrected chi connectivity index (χ3v) is 5.20. The fourth-order valence-corrected chi connectivity index (χ4v) is 3.39. The van der Waals surface area contributed by atoms with Crippen LogP contribution < -0.4 is 21.1 Å². The number of benzene rings is 2. The fraction of sp³-hybridized carbons (Fsp3) is 0.318. The quantitative estimate of drug-likeness (QED) is 0.381. The number of hydrogen-bond donors (Lipinski definition) is 3. The number of nitrogen functional groups attached to an aromatic ring is 1. The maximum Gasteiger partial charge on any atom is 0.234 e. The highest BCUT2D eigenvalue weighted by Crippen LogP contribution is 2.32. The van der Waals surface area contributed by atoms with Crippen molar-refractivity contribution in [2.75, 3.05) is 38.3 Å². The molecule has 32 heavy (non-hydrogen) atoms. The molecule has 2 aromatic carbocycles. The van der Waals surface area contributed by atoms with E-state index in [1.54, 1.807) is 29.2 Å². The summed E-state index contributed by atoms with van der Waals surface area (Å²) in [4.78, 5) is 22.3. The van der Waals surface area contributed by atoms with Gasteiger partial charge in [-0.3, -0.25) is 4.79 Å². The number of rotatable bonds is 9. The highest BCUT2D eigenvalue weighted by Gasteiger charge is 2.15. The molecule has 1 unspecified atom stereocenters. The summed E-state index contributed by atoms with van der Waals surface area (Å²) in [5.41, 5.74) is 7.48. The van der Waals surface area contributed by atoms with Crippen LogP contribution in [0, 0.1) is 5.82 Å². The molecular weight excluding hydrogens is 479 g/mol. The number of hydrogen-bond acceptors (Lipinski definition) is 7. The van der Waals surface area contributed by atoms with Gasteiger partial charge in [0.2, 0.25) is 5.91 Å². The van der Waals surface area contributed by atoms with Gasteiger partial charge in [-0.05, 0) is 44.8 Å². The lowest BCUT2D eigenvalue weighted by Gasteiger charge is -2.20. The number of anilines is 3. The van der Waals surface area contributed by atoms with Gasteiger partial charge in [0.15, 0.2) is 0 Å². The van der Waals surface area contributed by atoms with Gasteiger partial charge < -0.3 is 26.0 Å². The molecule has 1 aromatic heterocycles. The number of nitrogens with zero attached hydrogens (tertiary/aromatic N) is 3. The van der Waals surface area contributed by atoms with Gasteiger partial charge in [0.25, 0.3) is 0 Å². The highest BCUT2D eigenvalue weighted by molar-refractivity contribution is 9.10. The molecule has 3 rings (SSSR count). The first-order valence-corrected chi connectivity index (χ1v) is 10.9. The van der Waals surface area contributed by atoms with E-state index in [1.807, 2.05) is 21.0 Å². The smallest absolute Gasteiger partial charge is 0.234 e. The molecule has 0 bridgehead atoms. The molecule has 1 amide bonds. The predicted octanol–water partition coefficient (Wildman–Crippen LogP) is 3.69. The zero-order valence-electron chi connectivity index (χ0n) is 18.2. The first-order valence-electron chi connectivity index (χ1n) is 10.1. The maximum atomic E-state index is 14.2. The third-order valence-electron chi connectivity index (χ3n) is 4.71. The molecule has 1 heterocycles. The molecular formula is C22H26BrFN6O2. The van der Waals surface area contributed by atoms with Crippen molar-refractivity contribution in [3.63, 3.8) is 0 Å². The number of aromatic nitrogens is 2. The monoisotopic (exact) mass is 504 g/mol. The van der Waals surface area contributed by atoms with Crippen LogP contribution in [0.15, 0.2) is 41.1 Å². The van der Waals surface area contributed by atoms with E-state index in [1.165, 1.54) is 12.4 Å². The number of likely N-dealkylation sites (N-methyl/N-ethyl adjacent to an activating group) is 1. The molecule has 8 nitrogen and oxygen atoms in total. The number of carbonyl (C=O) groups is 1. The summed E-state index contributed by atoms with van der Waals surface area (Å²) in [5.74, 6) is 0.399. The first-order chi connectivity index (χ1) is 15.3. The Morgan fingerprint density at radius 2 is 2.06 bits per heavy atom. The molecule has 10 heteroatoms. The van der Waals surface area contributed by atoms with Crippen molar-refractivity contribution >= 4 is 49.9 Å². The third kappa shape index (κ3) is 6.04. The molecule has 0 radical (unpaired) electrons. The van der Waals surface area contributed by atoms with Crippen molar-refractivity contribution in [3.05, 3.63) is 46.9 Å². The largest absolute Gasteiger partial charge is 0.489 e. The van der Waals surface area contributed by atoms with Crippen LogP contribution in [-0.2, 0) is 4.79 Å². The summed E-state index contributed by atoms with van der Waals surface area (Å²) < 4.78 is 20.8. The second-order valence-electron chi connectivity index (χ2n) is 7.60. The Morgan fingerprint density at radius 3 is 2.75 bits per heavy atom. The van der Waals surface area contributed by atoms with Crippen molar-refractivity contribution in [3.8, 4) is 5.75 Å². The molecule has 0 aliphatic rings. The molecule has 3 aromatic rings. The van der Waals surface area contributed by atoms with Crippen LogP contribution >= 0.6 is 15.9 Å². The number of nitrogens with two attached hydrogens (primary N) is 1. The Kier molecular flexibility index (Phi) is 7.81. The van der Waals surface area contributed by atoms with Crippen molar-refractivity contribution in [1.82, 2.24) is 20.2 Å². The van der Waals surface area contributed by atoms with Gasteiger partial charge in [-0.1, -0.05) is 22.9 Å². The number of amides is 1. The van der Waals surface area contributed by atoms with Crippen LogP contribution in [0.4, 0.5) is 21.6 Å². The van der Waals surface area contributed by atoms with Gasteiger partial charge in [-0.25, -0.2) is 14.4 Å². The lowest BCUT2D eigenvalue weighted by Crippen LogP contribution is -2.42. The number of ether oxygens (including phenoxy) is 1. The summed E-state index contributed by atoms with van der Waals surface area (Å²) in [6.07, 6.45) is 2.10. The summed E-state index contributed by atoms with van der Waals surface area (Å²) >= 11 is 3.24. The number of carbonyl (C=O) groups excluding carboxylic acids is 1. The zero-order chi connectivity index (χ0) is 23.3. The number of halogens is 2. The summed E-state index contributed by atoms with van der Waals surface area (Å²) in [7, 11) is 3.67. The molecule has 0 aliphatic carbocycles. The van der Waals surface area contributed by atoms with Gasteiger partial charge >= 0.3 is 0 Å². The molecule has 1 atom stereocenters. The van der Waals surface area contributed by atoms with Crippen LogP contribution in [0.3, 0.4) is 0 Å². The predicted molar refractivity (Wildman–Crippen MR) is 128 cm³/mol. The fourth-order valence-electron chi connectivity index (χ4n) is 3.06. The molecule has 0 aliphatic heterocycles. The van der Waals surface area contributed by atoms with Crippen LogP contribution in [0.5, 0.6) is 5.75 Å². The van der Waals surface area contributed by atoms with Crippen LogP contribution in [-0.4, -0.2) is 54.1 Å². The van der Waals surface area contributed by atoms with E-state index >= 15 is 0 Å². The summed E-state index contributed by atoms with van der Waals surface area (Å²) in [6.45, 7) is 2.55. The lowest BCUT2D eigenvalue weighted by atomic mass is 10.2. The average Bonchev–Trinajstić information content (AvgIpc) is 2.73. The van der Waals surface area contributed by atoms with E-state index in [2.05, 4.69) is 36.5 Å². The van der Waals surface area contributed by atoms with Crippen molar-refractivity contribution in [1.29, 1.82) is 0 Å². The Labute approximate surface area is 194 Å². The molecule has 0 saturated heterocycles. The maximum absolute atomic E-state index is 14.2. The van der Waals surface area contributed by atoms with Gasteiger partial charge in [0, 0.05) is 15.9 Å². The molecule has 4 N–H and O–H groups in total. The number of nitrogens with one attached hydrogen (secondary N) is 2. The van der Waals surface area contributed by atoms with Crippen molar-refractivity contribution in [2.24, 2.45) is 0 Å². The van der Waals surface area contributed by atoms with Crippen LogP contribution in [0.1, 0.15) is 13.3 Å². The van der Waals surface area contributed by atoms with Gasteiger partial charge in [-0.2, -0.15) is 0 Å². The Morgan fingerprint density at radius 1 is 1.28 bits per heavy atom. The molecule has 0 fully saturated rings. The van der Waals surface area contributed by atoms with E-state index < -0.39 is 5.82 Å². The van der Waals surface area contributed by atoms with Crippen LogP contribution in [0.2, 0.25) is 0 Å². The summed E-state index contributed by atoms with van der Waals surface area (Å²) in [6, 6.07) is 7.97. The Balaban J connectivity index is 1.77. The minimum absolute atomic E-state index is 0.0689. The molecule has 170 valence electrons. The standard InChI is InChI=1S/C22H26BrFN6O2/c1-4-14(28-21(31)10-30(2)3)11-32-20-9-19-15(8-17(20)25)22(27-12-26-19)29-18-6-5-13(23)7-16(18)24/h5-9,12,14H,4,10-11,25H2,1-3H3,(H,28,31)(H,26,27,29). The normalized spacial score (nSPS) is 12.1. The van der Waals surface area contributed by atoms with Gasteiger partial charge in [-0.15, -0.1) is 0 Å². The SMILES string of the molecule is CCC(COc1cc2ncnc(Nc3ccc(Br)cc3F)c2cc1N)NC(=O)CN(C)C. The van der Waals surface area contributed by atoms with E-state index in [9.17, 15) is 9.18 Å². The number of fused-ring (bicyclic) bond motifs is 1.